The van der Waals surface area contributed by atoms with E-state index in [1.54, 1.807) is 0 Å². The molecule has 4 rings (SSSR count). The van der Waals surface area contributed by atoms with Gasteiger partial charge in [-0.2, -0.15) is 0 Å². The number of carbonyl (C=O) groups excluding carboxylic acids is 1. The van der Waals surface area contributed by atoms with Crippen LogP contribution in [0.3, 0.4) is 0 Å². The van der Waals surface area contributed by atoms with E-state index in [9.17, 15) is 4.79 Å². The van der Waals surface area contributed by atoms with Gasteiger partial charge in [-0.1, -0.05) is 70.4 Å². The largest absolute Gasteiger partial charge is 0.490 e. The van der Waals surface area contributed by atoms with Crippen molar-refractivity contribution in [2.75, 3.05) is 6.61 Å². The van der Waals surface area contributed by atoms with E-state index in [2.05, 4.69) is 6.92 Å². The zero-order valence-corrected chi connectivity index (χ0v) is 22.3. The van der Waals surface area contributed by atoms with Crippen molar-refractivity contribution in [3.63, 3.8) is 0 Å². The molecule has 35 heavy (non-hydrogen) atoms. The maximum absolute atomic E-state index is 13.2. The Labute approximate surface area is 214 Å². The molecule has 3 fully saturated rings. The third-order valence-electron chi connectivity index (χ3n) is 9.39. The maximum Gasteiger partial charge on any atom is 0.314 e. The van der Waals surface area contributed by atoms with Gasteiger partial charge >= 0.3 is 5.97 Å². The first-order valence-electron chi connectivity index (χ1n) is 14.7. The molecule has 1 aromatic rings. The molecule has 0 N–H and O–H groups in total. The quantitative estimate of drug-likeness (QED) is 0.145. The van der Waals surface area contributed by atoms with Crippen LogP contribution >= 0.6 is 0 Å². The van der Waals surface area contributed by atoms with Crippen LogP contribution in [0.15, 0.2) is 36.4 Å². The van der Waals surface area contributed by atoms with Gasteiger partial charge in [-0.15, -0.1) is 0 Å². The molecule has 4 atom stereocenters. The molecule has 3 nitrogen and oxygen atoms in total. The van der Waals surface area contributed by atoms with Gasteiger partial charge in [0.2, 0.25) is 0 Å². The number of rotatable bonds is 10. The van der Waals surface area contributed by atoms with Crippen molar-refractivity contribution in [2.45, 2.75) is 104 Å². The second kappa shape index (κ2) is 13.5. The van der Waals surface area contributed by atoms with Gasteiger partial charge in [0.05, 0.1) is 5.92 Å². The maximum atomic E-state index is 13.2. The minimum Gasteiger partial charge on any atom is -0.490 e. The van der Waals surface area contributed by atoms with E-state index in [4.69, 9.17) is 9.47 Å². The molecule has 4 unspecified atom stereocenters. The van der Waals surface area contributed by atoms with Gasteiger partial charge in [-0.25, -0.2) is 0 Å². The summed E-state index contributed by atoms with van der Waals surface area (Å²) in [7, 11) is 0. The van der Waals surface area contributed by atoms with Gasteiger partial charge < -0.3 is 9.47 Å². The van der Waals surface area contributed by atoms with Gasteiger partial charge in [-0.3, -0.25) is 4.79 Å². The number of hydrogen-bond acceptors (Lipinski definition) is 3. The van der Waals surface area contributed by atoms with E-state index in [-0.39, 0.29) is 11.9 Å². The van der Waals surface area contributed by atoms with E-state index < -0.39 is 0 Å². The molecule has 3 aliphatic carbocycles. The van der Waals surface area contributed by atoms with E-state index >= 15 is 0 Å². The van der Waals surface area contributed by atoms with Gasteiger partial charge in [0.25, 0.3) is 0 Å². The van der Waals surface area contributed by atoms with Crippen LogP contribution in [0.5, 0.6) is 11.5 Å². The van der Waals surface area contributed by atoms with Crippen molar-refractivity contribution in [1.82, 2.24) is 0 Å². The van der Waals surface area contributed by atoms with Crippen LogP contribution in [0.25, 0.3) is 0 Å². The zero-order chi connectivity index (χ0) is 24.5. The lowest BCUT2D eigenvalue weighted by molar-refractivity contribution is -0.144. The van der Waals surface area contributed by atoms with Crippen LogP contribution in [-0.2, 0) is 4.79 Å². The van der Waals surface area contributed by atoms with Crippen LogP contribution in [0.4, 0.5) is 0 Å². The minimum absolute atomic E-state index is 0.00618. The fraction of sp³-hybridized carbons (Fsp3) is 0.719. The number of allylic oxidation sites excluding steroid dienone is 1. The van der Waals surface area contributed by atoms with Gasteiger partial charge in [0.1, 0.15) is 18.1 Å². The molecule has 194 valence electrons. The van der Waals surface area contributed by atoms with Gasteiger partial charge in [0, 0.05) is 0 Å². The van der Waals surface area contributed by atoms with Crippen molar-refractivity contribution < 1.29 is 14.3 Å². The molecule has 0 aromatic heterocycles. The summed E-state index contributed by atoms with van der Waals surface area (Å²) in [5, 5.41) is 0. The zero-order valence-electron chi connectivity index (χ0n) is 22.3. The first-order valence-corrected chi connectivity index (χ1v) is 14.7. The summed E-state index contributed by atoms with van der Waals surface area (Å²) in [6.07, 6.45) is 22.8. The summed E-state index contributed by atoms with van der Waals surface area (Å²) in [6, 6.07) is 7.50. The average Bonchev–Trinajstić information content (AvgIpc) is 2.89. The molecule has 3 saturated carbocycles. The SMILES string of the molecule is C/C=C/COc1ccc(OC(=O)C2CCCC3CC(C4CCC(CCCCC)CC4)CCC32)cc1. The molecule has 0 amide bonds. The molecule has 3 aliphatic rings. The Morgan fingerprint density at radius 3 is 2.37 bits per heavy atom. The predicted molar refractivity (Wildman–Crippen MR) is 144 cm³/mol. The number of esters is 1. The summed E-state index contributed by atoms with van der Waals surface area (Å²) < 4.78 is 11.5. The molecule has 0 bridgehead atoms. The summed E-state index contributed by atoms with van der Waals surface area (Å²) in [4.78, 5) is 13.2. The molecular weight excluding hydrogens is 432 g/mol. The Hall–Kier alpha value is -1.77. The highest BCUT2D eigenvalue weighted by Crippen LogP contribution is 2.50. The topological polar surface area (TPSA) is 35.5 Å². The Morgan fingerprint density at radius 2 is 1.63 bits per heavy atom. The van der Waals surface area contributed by atoms with Gasteiger partial charge in [-0.05, 0) is 99.3 Å². The highest BCUT2D eigenvalue weighted by molar-refractivity contribution is 5.75. The lowest BCUT2D eigenvalue weighted by atomic mass is 9.59. The van der Waals surface area contributed by atoms with Crippen molar-refractivity contribution in [3.05, 3.63) is 36.4 Å². The minimum atomic E-state index is -0.00618. The normalized spacial score (nSPS) is 31.1. The molecule has 1 aromatic carbocycles. The lowest BCUT2D eigenvalue weighted by Crippen LogP contribution is -2.40. The monoisotopic (exact) mass is 480 g/mol. The summed E-state index contributed by atoms with van der Waals surface area (Å²) in [5.74, 6) is 5.61. The second-order valence-corrected chi connectivity index (χ2v) is 11.6. The predicted octanol–water partition coefficient (Wildman–Crippen LogP) is 8.77. The molecular formula is C32H48O3. The molecule has 0 saturated heterocycles. The van der Waals surface area contributed by atoms with Crippen LogP contribution in [0.2, 0.25) is 0 Å². The average molecular weight is 481 g/mol. The second-order valence-electron chi connectivity index (χ2n) is 11.6. The third kappa shape index (κ3) is 7.37. The summed E-state index contributed by atoms with van der Waals surface area (Å²) in [5.41, 5.74) is 0. The molecule has 0 heterocycles. The Bertz CT molecular complexity index is 790. The van der Waals surface area contributed by atoms with E-state index in [1.807, 2.05) is 43.3 Å². The van der Waals surface area contributed by atoms with Gasteiger partial charge in [0.15, 0.2) is 0 Å². The Kier molecular flexibility index (Phi) is 10.2. The fourth-order valence-corrected chi connectivity index (χ4v) is 7.39. The van der Waals surface area contributed by atoms with Crippen LogP contribution in [-0.4, -0.2) is 12.6 Å². The number of hydrogen-bond donors (Lipinski definition) is 0. The van der Waals surface area contributed by atoms with Crippen LogP contribution < -0.4 is 9.47 Å². The van der Waals surface area contributed by atoms with Crippen molar-refractivity contribution in [2.24, 2.45) is 35.5 Å². The van der Waals surface area contributed by atoms with E-state index in [0.29, 0.717) is 18.3 Å². The highest BCUT2D eigenvalue weighted by Gasteiger charge is 2.43. The smallest absolute Gasteiger partial charge is 0.314 e. The van der Waals surface area contributed by atoms with Crippen molar-refractivity contribution in [1.29, 1.82) is 0 Å². The number of ether oxygens (including phenoxy) is 2. The molecule has 3 heteroatoms. The summed E-state index contributed by atoms with van der Waals surface area (Å²) >= 11 is 0. The molecule has 0 spiro atoms. The highest BCUT2D eigenvalue weighted by atomic mass is 16.5. The van der Waals surface area contributed by atoms with E-state index in [0.717, 1.165) is 35.8 Å². The summed E-state index contributed by atoms with van der Waals surface area (Å²) in [6.45, 7) is 4.85. The lowest BCUT2D eigenvalue weighted by Gasteiger charge is -2.46. The van der Waals surface area contributed by atoms with Crippen molar-refractivity contribution in [3.8, 4) is 11.5 Å². The fourth-order valence-electron chi connectivity index (χ4n) is 7.39. The standard InChI is InChI=1S/C32H48O3/c1-3-5-7-9-24-12-14-25(15-13-24)26-16-21-30-27(23-26)10-8-11-31(30)32(33)35-29-19-17-28(18-20-29)34-22-6-4-2/h4,6,17-20,24-27,30-31H,3,5,7-16,21-23H2,1-2H3/b6-4+. The van der Waals surface area contributed by atoms with Crippen LogP contribution in [0.1, 0.15) is 104 Å². The Balaban J connectivity index is 1.25. The molecule has 0 radical (unpaired) electrons. The Morgan fingerprint density at radius 1 is 0.886 bits per heavy atom. The van der Waals surface area contributed by atoms with Crippen molar-refractivity contribution >= 4 is 5.97 Å². The number of benzene rings is 1. The first kappa shape index (κ1) is 26.3. The first-order chi connectivity index (χ1) is 17.2. The van der Waals surface area contributed by atoms with Crippen LogP contribution in [0, 0.1) is 35.5 Å². The number of unbranched alkanes of at least 4 members (excludes halogenated alkanes) is 2. The number of carbonyl (C=O) groups is 1. The number of fused-ring (bicyclic) bond motifs is 1. The third-order valence-corrected chi connectivity index (χ3v) is 9.39. The molecule has 0 aliphatic heterocycles. The van der Waals surface area contributed by atoms with E-state index in [1.165, 1.54) is 83.5 Å².